The molecule has 1 aromatic heterocycles. The van der Waals surface area contributed by atoms with Gasteiger partial charge in [-0.25, -0.2) is 4.98 Å². The second kappa shape index (κ2) is 6.79. The molecule has 2 aromatic carbocycles. The van der Waals surface area contributed by atoms with Gasteiger partial charge in [0.25, 0.3) is 17.4 Å². The Morgan fingerprint density at radius 1 is 0.926 bits per heavy atom. The summed E-state index contributed by atoms with van der Waals surface area (Å²) in [6, 6.07) is 9.79. The zero-order chi connectivity index (χ0) is 19.1. The van der Waals surface area contributed by atoms with Crippen LogP contribution in [0.4, 0.5) is 0 Å². The van der Waals surface area contributed by atoms with E-state index in [0.29, 0.717) is 45.0 Å². The maximum absolute atomic E-state index is 12.6. The summed E-state index contributed by atoms with van der Waals surface area (Å²) in [7, 11) is 0. The molecule has 0 saturated carbocycles. The van der Waals surface area contributed by atoms with Gasteiger partial charge in [0.15, 0.2) is 0 Å². The molecule has 0 radical (unpaired) electrons. The molecule has 0 aliphatic carbocycles. The Kier molecular flexibility index (Phi) is 4.45. The number of aromatic nitrogens is 2. The van der Waals surface area contributed by atoms with Crippen molar-refractivity contribution in [2.75, 3.05) is 6.54 Å². The number of rotatable bonds is 4. The van der Waals surface area contributed by atoms with Gasteiger partial charge in [-0.1, -0.05) is 35.3 Å². The Labute approximate surface area is 163 Å². The lowest BCUT2D eigenvalue weighted by atomic mass is 10.1. The van der Waals surface area contributed by atoms with Gasteiger partial charge in [0, 0.05) is 18.1 Å². The summed E-state index contributed by atoms with van der Waals surface area (Å²) in [5.74, 6) is -0.615. The van der Waals surface area contributed by atoms with E-state index in [2.05, 4.69) is 4.98 Å². The number of amides is 2. The highest BCUT2D eigenvalue weighted by Gasteiger charge is 2.34. The number of hydrogen-bond donors (Lipinski definition) is 0. The first-order chi connectivity index (χ1) is 13.0. The van der Waals surface area contributed by atoms with Gasteiger partial charge in [0.05, 0.1) is 33.4 Å². The highest BCUT2D eigenvalue weighted by atomic mass is 35.5. The van der Waals surface area contributed by atoms with E-state index >= 15 is 0 Å². The molecule has 0 atom stereocenters. The molecule has 0 bridgehead atoms. The standard InChI is InChI=1S/C19H13Cl2N3O3/c20-11-8-14-16(15(21)9-11)22-10-23(17(14)25)6-3-7-24-18(26)12-4-1-2-5-13(12)19(24)27/h1-2,4-5,8-10H,3,6-7H2. The van der Waals surface area contributed by atoms with Crippen LogP contribution in [0.5, 0.6) is 0 Å². The molecule has 2 heterocycles. The third-order valence-electron chi connectivity index (χ3n) is 4.50. The predicted molar refractivity (Wildman–Crippen MR) is 102 cm³/mol. The maximum Gasteiger partial charge on any atom is 0.261 e. The molecule has 2 amide bonds. The summed E-state index contributed by atoms with van der Waals surface area (Å²) in [4.78, 5) is 42.8. The van der Waals surface area contributed by atoms with Crippen LogP contribution < -0.4 is 5.56 Å². The molecule has 1 aliphatic rings. The Hall–Kier alpha value is -2.70. The van der Waals surface area contributed by atoms with Crippen molar-refractivity contribution >= 4 is 45.9 Å². The van der Waals surface area contributed by atoms with Crippen molar-refractivity contribution < 1.29 is 9.59 Å². The molecule has 3 aromatic rings. The van der Waals surface area contributed by atoms with E-state index in [1.807, 2.05) is 0 Å². The van der Waals surface area contributed by atoms with Crippen molar-refractivity contribution in [1.29, 1.82) is 0 Å². The monoisotopic (exact) mass is 401 g/mol. The van der Waals surface area contributed by atoms with Crippen LogP contribution in [0.1, 0.15) is 27.1 Å². The van der Waals surface area contributed by atoms with Crippen molar-refractivity contribution in [2.24, 2.45) is 0 Å². The van der Waals surface area contributed by atoms with Gasteiger partial charge in [-0.2, -0.15) is 0 Å². The third-order valence-corrected chi connectivity index (χ3v) is 5.01. The zero-order valence-electron chi connectivity index (χ0n) is 14.0. The highest BCUT2D eigenvalue weighted by Crippen LogP contribution is 2.24. The van der Waals surface area contributed by atoms with Crippen LogP contribution in [-0.2, 0) is 6.54 Å². The van der Waals surface area contributed by atoms with Gasteiger partial charge >= 0.3 is 0 Å². The molecule has 0 unspecified atom stereocenters. The molecule has 0 saturated heterocycles. The first kappa shape index (κ1) is 17.7. The van der Waals surface area contributed by atoms with Crippen LogP contribution in [0.25, 0.3) is 10.9 Å². The van der Waals surface area contributed by atoms with Gasteiger partial charge in [-0.05, 0) is 30.7 Å². The number of aryl methyl sites for hydroxylation is 1. The molecular weight excluding hydrogens is 389 g/mol. The Morgan fingerprint density at radius 2 is 1.59 bits per heavy atom. The predicted octanol–water partition coefficient (Wildman–Crippen LogP) is 3.39. The van der Waals surface area contributed by atoms with E-state index in [0.717, 1.165) is 0 Å². The molecule has 0 fully saturated rings. The van der Waals surface area contributed by atoms with Crippen molar-refractivity contribution in [3.8, 4) is 0 Å². The van der Waals surface area contributed by atoms with Gasteiger partial charge in [0.1, 0.15) is 0 Å². The fourth-order valence-electron chi connectivity index (χ4n) is 3.20. The lowest BCUT2D eigenvalue weighted by Gasteiger charge is -2.14. The van der Waals surface area contributed by atoms with E-state index in [-0.39, 0.29) is 23.9 Å². The second-order valence-electron chi connectivity index (χ2n) is 6.19. The van der Waals surface area contributed by atoms with Gasteiger partial charge in [-0.3, -0.25) is 23.9 Å². The average molecular weight is 402 g/mol. The molecule has 136 valence electrons. The van der Waals surface area contributed by atoms with Crippen LogP contribution in [0.2, 0.25) is 10.0 Å². The number of benzene rings is 2. The Bertz CT molecular complexity index is 1120. The van der Waals surface area contributed by atoms with Gasteiger partial charge in [0.2, 0.25) is 0 Å². The lowest BCUT2D eigenvalue weighted by Crippen LogP contribution is -2.32. The number of carbonyl (C=O) groups excluding carboxylic acids is 2. The van der Waals surface area contributed by atoms with Crippen LogP contribution in [-0.4, -0.2) is 32.8 Å². The Morgan fingerprint density at radius 3 is 2.26 bits per heavy atom. The third kappa shape index (κ3) is 3.01. The number of nitrogens with zero attached hydrogens (tertiary/aromatic N) is 3. The molecule has 0 N–H and O–H groups in total. The summed E-state index contributed by atoms with van der Waals surface area (Å²) >= 11 is 12.0. The zero-order valence-corrected chi connectivity index (χ0v) is 15.5. The van der Waals surface area contributed by atoms with Crippen molar-refractivity contribution in [3.63, 3.8) is 0 Å². The first-order valence-electron chi connectivity index (χ1n) is 8.27. The molecule has 27 heavy (non-hydrogen) atoms. The quantitative estimate of drug-likeness (QED) is 0.628. The summed E-state index contributed by atoms with van der Waals surface area (Å²) < 4.78 is 1.42. The number of halogens is 2. The minimum atomic E-state index is -0.307. The van der Waals surface area contributed by atoms with Crippen LogP contribution >= 0.6 is 23.2 Å². The molecule has 0 spiro atoms. The SMILES string of the molecule is O=C1c2ccccc2C(=O)N1CCCn1cnc2c(Cl)cc(Cl)cc2c1=O. The van der Waals surface area contributed by atoms with Gasteiger partial charge in [-0.15, -0.1) is 0 Å². The normalized spacial score (nSPS) is 13.5. The van der Waals surface area contributed by atoms with Crippen molar-refractivity contribution in [1.82, 2.24) is 14.5 Å². The van der Waals surface area contributed by atoms with E-state index in [1.54, 1.807) is 24.3 Å². The number of carbonyl (C=O) groups is 2. The maximum atomic E-state index is 12.6. The number of fused-ring (bicyclic) bond motifs is 2. The molecule has 6 nitrogen and oxygen atoms in total. The van der Waals surface area contributed by atoms with Crippen molar-refractivity contribution in [2.45, 2.75) is 13.0 Å². The first-order valence-corrected chi connectivity index (χ1v) is 9.02. The molecular formula is C19H13Cl2N3O3. The fourth-order valence-corrected chi connectivity index (χ4v) is 3.74. The van der Waals surface area contributed by atoms with E-state index in [1.165, 1.54) is 27.9 Å². The molecule has 8 heteroatoms. The minimum Gasteiger partial charge on any atom is -0.299 e. The molecule has 4 rings (SSSR count). The largest absolute Gasteiger partial charge is 0.299 e. The lowest BCUT2D eigenvalue weighted by molar-refractivity contribution is 0.0650. The van der Waals surface area contributed by atoms with E-state index in [9.17, 15) is 14.4 Å². The smallest absolute Gasteiger partial charge is 0.261 e. The number of imide groups is 1. The summed E-state index contributed by atoms with van der Waals surface area (Å²) in [5, 5.41) is 0.999. The minimum absolute atomic E-state index is 0.215. The molecule has 1 aliphatic heterocycles. The van der Waals surface area contributed by atoms with Gasteiger partial charge < -0.3 is 0 Å². The summed E-state index contributed by atoms with van der Waals surface area (Å²) in [5.41, 5.74) is 0.946. The highest BCUT2D eigenvalue weighted by molar-refractivity contribution is 6.38. The van der Waals surface area contributed by atoms with Crippen LogP contribution in [0.3, 0.4) is 0 Å². The average Bonchev–Trinajstić information content (AvgIpc) is 2.89. The van der Waals surface area contributed by atoms with E-state index < -0.39 is 0 Å². The van der Waals surface area contributed by atoms with Crippen LogP contribution in [0.15, 0.2) is 47.5 Å². The summed E-state index contributed by atoms with van der Waals surface area (Å²) in [6.07, 6.45) is 1.83. The Balaban J connectivity index is 1.52. The topological polar surface area (TPSA) is 72.3 Å². The summed E-state index contributed by atoms with van der Waals surface area (Å²) in [6.45, 7) is 0.520. The van der Waals surface area contributed by atoms with Crippen LogP contribution in [0, 0.1) is 0 Å². The van der Waals surface area contributed by atoms with Crippen molar-refractivity contribution in [3.05, 3.63) is 74.3 Å². The second-order valence-corrected chi connectivity index (χ2v) is 7.03. The number of hydrogen-bond acceptors (Lipinski definition) is 4. The van der Waals surface area contributed by atoms with E-state index in [4.69, 9.17) is 23.2 Å². The fraction of sp³-hybridized carbons (Fsp3) is 0.158.